The van der Waals surface area contributed by atoms with Crippen molar-refractivity contribution >= 4 is 15.9 Å². The molecule has 3 heteroatoms. The quantitative estimate of drug-likeness (QED) is 0.891. The highest BCUT2D eigenvalue weighted by molar-refractivity contribution is 9.10. The zero-order chi connectivity index (χ0) is 11.4. The summed E-state index contributed by atoms with van der Waals surface area (Å²) in [5.74, 6) is 1.35. The van der Waals surface area contributed by atoms with Gasteiger partial charge in [0.1, 0.15) is 5.76 Å². The average Bonchev–Trinajstić information content (AvgIpc) is 2.48. The Morgan fingerprint density at radius 1 is 1.33 bits per heavy atom. The lowest BCUT2D eigenvalue weighted by Gasteiger charge is -2.11. The van der Waals surface area contributed by atoms with Crippen molar-refractivity contribution in [2.75, 3.05) is 0 Å². The fraction of sp³-hybridized carbons (Fsp3) is 0.667. The molecule has 1 unspecified atom stereocenters. The second-order valence-electron chi connectivity index (χ2n) is 5.58. The van der Waals surface area contributed by atoms with Crippen molar-refractivity contribution in [3.63, 3.8) is 0 Å². The van der Waals surface area contributed by atoms with Crippen LogP contribution in [0.3, 0.4) is 0 Å². The molecule has 2 N–H and O–H groups in total. The van der Waals surface area contributed by atoms with E-state index in [-0.39, 0.29) is 6.04 Å². The van der Waals surface area contributed by atoms with Crippen LogP contribution in [0.25, 0.3) is 0 Å². The molecule has 0 radical (unpaired) electrons. The number of nitrogens with two attached hydrogens (primary N) is 1. The zero-order valence-corrected chi connectivity index (χ0v) is 11.3. The van der Waals surface area contributed by atoms with Gasteiger partial charge >= 0.3 is 0 Å². The largest absolute Gasteiger partial charge is 0.466 e. The molecule has 1 atom stereocenters. The van der Waals surface area contributed by atoms with Gasteiger partial charge in [0.25, 0.3) is 0 Å². The number of hydrogen-bond donors (Lipinski definition) is 1. The molecule has 0 amide bonds. The van der Waals surface area contributed by atoms with Crippen LogP contribution in [0, 0.1) is 16.7 Å². The predicted molar refractivity (Wildman–Crippen MR) is 64.4 cm³/mol. The first-order valence-electron chi connectivity index (χ1n) is 5.28. The summed E-state index contributed by atoms with van der Waals surface area (Å²) in [5.41, 5.74) is 6.85. The molecule has 1 saturated carbocycles. The smallest absolute Gasteiger partial charge is 0.134 e. The Morgan fingerprint density at radius 2 is 1.87 bits per heavy atom. The molecule has 84 valence electrons. The summed E-state index contributed by atoms with van der Waals surface area (Å²) in [7, 11) is 0. The van der Waals surface area contributed by atoms with Crippen LogP contribution < -0.4 is 5.73 Å². The Labute approximate surface area is 99.3 Å². The van der Waals surface area contributed by atoms with Crippen LogP contribution in [-0.2, 0) is 0 Å². The third-order valence-corrected chi connectivity index (χ3v) is 5.09. The summed E-state index contributed by atoms with van der Waals surface area (Å²) in [5, 5.41) is 0. The van der Waals surface area contributed by atoms with Crippen LogP contribution in [0.15, 0.2) is 21.2 Å². The van der Waals surface area contributed by atoms with Gasteiger partial charge in [0.05, 0.1) is 16.8 Å². The fourth-order valence-electron chi connectivity index (χ4n) is 2.84. The second kappa shape index (κ2) is 3.11. The third kappa shape index (κ3) is 1.40. The molecule has 1 aromatic rings. The molecule has 1 aliphatic rings. The van der Waals surface area contributed by atoms with E-state index in [2.05, 4.69) is 43.6 Å². The Bertz CT molecular complexity index is 367. The topological polar surface area (TPSA) is 39.2 Å². The minimum absolute atomic E-state index is 0.0145. The van der Waals surface area contributed by atoms with Gasteiger partial charge in [-0.05, 0) is 38.7 Å². The van der Waals surface area contributed by atoms with E-state index in [1.807, 2.05) is 6.07 Å². The van der Waals surface area contributed by atoms with E-state index in [0.29, 0.717) is 16.7 Å². The minimum Gasteiger partial charge on any atom is -0.466 e. The van der Waals surface area contributed by atoms with Crippen LogP contribution in [0.2, 0.25) is 0 Å². The van der Waals surface area contributed by atoms with Crippen molar-refractivity contribution in [1.29, 1.82) is 0 Å². The predicted octanol–water partition coefficient (Wildman–Crippen LogP) is 3.72. The van der Waals surface area contributed by atoms with Gasteiger partial charge in [0.15, 0.2) is 0 Å². The molecule has 1 fully saturated rings. The molecular formula is C12H18BrNO. The average molecular weight is 272 g/mol. The van der Waals surface area contributed by atoms with E-state index >= 15 is 0 Å². The van der Waals surface area contributed by atoms with Gasteiger partial charge in [-0.3, -0.25) is 0 Å². The number of halogens is 1. The lowest BCUT2D eigenvalue weighted by molar-refractivity contribution is 0.398. The van der Waals surface area contributed by atoms with Crippen LogP contribution in [0.4, 0.5) is 0 Å². The number of furan rings is 1. The molecule has 0 bridgehead atoms. The molecule has 1 aromatic heterocycles. The number of hydrogen-bond acceptors (Lipinski definition) is 2. The second-order valence-corrected chi connectivity index (χ2v) is 6.43. The molecule has 1 aliphatic carbocycles. The van der Waals surface area contributed by atoms with Gasteiger partial charge in [-0.15, -0.1) is 0 Å². The summed E-state index contributed by atoms with van der Waals surface area (Å²) < 4.78 is 6.42. The highest BCUT2D eigenvalue weighted by Gasteiger charge is 2.67. The van der Waals surface area contributed by atoms with Crippen molar-refractivity contribution in [2.24, 2.45) is 22.5 Å². The molecule has 1 heterocycles. The Kier molecular flexibility index (Phi) is 2.32. The lowest BCUT2D eigenvalue weighted by Crippen LogP contribution is -2.16. The van der Waals surface area contributed by atoms with Crippen molar-refractivity contribution in [3.8, 4) is 0 Å². The first kappa shape index (κ1) is 11.2. The van der Waals surface area contributed by atoms with E-state index in [9.17, 15) is 0 Å². The maximum atomic E-state index is 6.27. The van der Waals surface area contributed by atoms with Crippen molar-refractivity contribution < 1.29 is 4.42 Å². The van der Waals surface area contributed by atoms with Gasteiger partial charge in [0.2, 0.25) is 0 Å². The molecule has 2 nitrogen and oxygen atoms in total. The highest BCUT2D eigenvalue weighted by atomic mass is 79.9. The van der Waals surface area contributed by atoms with Gasteiger partial charge < -0.3 is 10.2 Å². The fourth-order valence-corrected chi connectivity index (χ4v) is 3.31. The maximum Gasteiger partial charge on any atom is 0.134 e. The third-order valence-electron chi connectivity index (χ3n) is 4.44. The summed E-state index contributed by atoms with van der Waals surface area (Å²) >= 11 is 3.46. The Morgan fingerprint density at radius 3 is 2.20 bits per heavy atom. The van der Waals surface area contributed by atoms with Gasteiger partial charge in [0, 0.05) is 0 Å². The van der Waals surface area contributed by atoms with Gasteiger partial charge in [-0.25, -0.2) is 0 Å². The van der Waals surface area contributed by atoms with Crippen LogP contribution in [0.5, 0.6) is 0 Å². The summed E-state index contributed by atoms with van der Waals surface area (Å²) in [6.07, 6.45) is 1.68. The SMILES string of the molecule is CC1(C)C(C(N)c2occc2Br)C1(C)C. The summed E-state index contributed by atoms with van der Waals surface area (Å²) in [4.78, 5) is 0. The van der Waals surface area contributed by atoms with E-state index in [4.69, 9.17) is 10.2 Å². The maximum absolute atomic E-state index is 6.27. The van der Waals surface area contributed by atoms with Gasteiger partial charge in [-0.1, -0.05) is 27.7 Å². The van der Waals surface area contributed by atoms with Crippen molar-refractivity contribution in [2.45, 2.75) is 33.7 Å². The molecular weight excluding hydrogens is 254 g/mol. The molecule has 0 saturated heterocycles. The number of rotatable bonds is 2. The monoisotopic (exact) mass is 271 g/mol. The Hall–Kier alpha value is -0.280. The van der Waals surface area contributed by atoms with E-state index in [1.165, 1.54) is 0 Å². The molecule has 0 aliphatic heterocycles. The summed E-state index contributed by atoms with van der Waals surface area (Å²) in [6, 6.07) is 1.89. The van der Waals surface area contributed by atoms with Crippen LogP contribution >= 0.6 is 15.9 Å². The normalized spacial score (nSPS) is 25.2. The lowest BCUT2D eigenvalue weighted by atomic mass is 10.0. The van der Waals surface area contributed by atoms with E-state index < -0.39 is 0 Å². The van der Waals surface area contributed by atoms with Gasteiger partial charge in [-0.2, -0.15) is 0 Å². The molecule has 15 heavy (non-hydrogen) atoms. The molecule has 2 rings (SSSR count). The summed E-state index contributed by atoms with van der Waals surface area (Å²) in [6.45, 7) is 9.09. The van der Waals surface area contributed by atoms with Crippen LogP contribution in [-0.4, -0.2) is 0 Å². The minimum atomic E-state index is -0.0145. The first-order chi connectivity index (χ1) is 6.80. The van der Waals surface area contributed by atoms with E-state index in [1.54, 1.807) is 6.26 Å². The standard InChI is InChI=1S/C12H18BrNO/c1-11(2)10(12(11,3)4)8(14)9-7(13)5-6-15-9/h5-6,8,10H,14H2,1-4H3. The Balaban J connectivity index is 2.26. The van der Waals surface area contributed by atoms with Crippen molar-refractivity contribution in [1.82, 2.24) is 0 Å². The zero-order valence-electron chi connectivity index (χ0n) is 9.67. The van der Waals surface area contributed by atoms with Crippen LogP contribution in [0.1, 0.15) is 39.5 Å². The first-order valence-corrected chi connectivity index (χ1v) is 6.08. The van der Waals surface area contributed by atoms with E-state index in [0.717, 1.165) is 10.2 Å². The van der Waals surface area contributed by atoms with Crippen molar-refractivity contribution in [3.05, 3.63) is 22.6 Å². The molecule has 0 aromatic carbocycles. The highest BCUT2D eigenvalue weighted by Crippen LogP contribution is 2.72. The molecule has 0 spiro atoms.